The zero-order valence-electron chi connectivity index (χ0n) is 36.2. The van der Waals surface area contributed by atoms with Crippen LogP contribution in [0.3, 0.4) is 0 Å². The van der Waals surface area contributed by atoms with Crippen molar-refractivity contribution in [1.29, 1.82) is 0 Å². The summed E-state index contributed by atoms with van der Waals surface area (Å²) in [5.41, 5.74) is 10.8. The minimum atomic E-state index is -3.43. The molecule has 0 aromatic rings. The smallest absolute Gasteiger partial charge is 0.462 e. The van der Waals surface area contributed by atoms with Crippen molar-refractivity contribution in [2.45, 2.75) is 225 Å². The van der Waals surface area contributed by atoms with Crippen LogP contribution in [-0.4, -0.2) is 82.4 Å². The number of nitrogens with zero attached hydrogens (tertiary/aromatic N) is 1. The Morgan fingerprint density at radius 2 is 0.914 bits per heavy atom. The Kier molecular flexibility index (Phi) is 36.8. The monoisotopic (exact) mass is 847 g/mol. The molecule has 0 heterocycles. The van der Waals surface area contributed by atoms with Gasteiger partial charge in [-0.25, -0.2) is 0 Å². The Morgan fingerprint density at radius 1 is 0.569 bits per heavy atom. The minimum Gasteiger partial charge on any atom is -0.462 e. The van der Waals surface area contributed by atoms with Gasteiger partial charge < -0.3 is 30.8 Å². The van der Waals surface area contributed by atoms with E-state index in [1.807, 2.05) is 0 Å². The van der Waals surface area contributed by atoms with E-state index >= 15 is 0 Å². The van der Waals surface area contributed by atoms with Gasteiger partial charge in [0.15, 0.2) is 12.1 Å². The molecular formula is C43H81N3O11P+. The van der Waals surface area contributed by atoms with E-state index in [0.717, 1.165) is 38.5 Å². The predicted molar refractivity (Wildman–Crippen MR) is 226 cm³/mol. The second-order valence-electron chi connectivity index (χ2n) is 15.6. The van der Waals surface area contributed by atoms with Crippen molar-refractivity contribution in [3.8, 4) is 0 Å². The molecule has 2 unspecified atom stereocenters. The number of hydrogen-bond acceptors (Lipinski definition) is 11. The van der Waals surface area contributed by atoms with Gasteiger partial charge in [0.05, 0.1) is 6.61 Å². The van der Waals surface area contributed by atoms with Gasteiger partial charge in [0, 0.05) is 19.3 Å². The number of primary amides is 1. The molecule has 0 aromatic heterocycles. The molecule has 0 spiro atoms. The van der Waals surface area contributed by atoms with Crippen molar-refractivity contribution in [2.75, 3.05) is 19.8 Å². The first kappa shape index (κ1) is 55.3. The number of rotatable bonds is 41. The molecule has 0 aliphatic carbocycles. The molecule has 15 heteroatoms. The number of aliphatic hydroxyl groups excluding tert-OH is 1. The van der Waals surface area contributed by atoms with E-state index in [1.54, 1.807) is 0 Å². The first-order valence-corrected chi connectivity index (χ1v) is 23.8. The molecule has 0 rings (SSSR count). The van der Waals surface area contributed by atoms with Gasteiger partial charge in [-0.2, -0.15) is 0 Å². The molecule has 2 amide bonds. The van der Waals surface area contributed by atoms with Crippen LogP contribution in [0.4, 0.5) is 0 Å². The molecule has 0 saturated carbocycles. The highest BCUT2D eigenvalue weighted by atomic mass is 31.1. The molecule has 0 aliphatic rings. The number of hydrogen-bond donors (Lipinski definition) is 4. The van der Waals surface area contributed by atoms with Crippen LogP contribution >= 0.6 is 8.18 Å². The highest BCUT2D eigenvalue weighted by molar-refractivity contribution is 7.36. The summed E-state index contributed by atoms with van der Waals surface area (Å²) in [7, 11) is -3.43. The summed E-state index contributed by atoms with van der Waals surface area (Å²) >= 11 is 0. The van der Waals surface area contributed by atoms with E-state index in [9.17, 15) is 38.5 Å². The van der Waals surface area contributed by atoms with E-state index in [1.165, 1.54) is 116 Å². The van der Waals surface area contributed by atoms with E-state index in [-0.39, 0.29) is 24.1 Å². The quantitative estimate of drug-likeness (QED) is 0.0197. The Hall–Kier alpha value is -2.67. The van der Waals surface area contributed by atoms with E-state index in [2.05, 4.69) is 13.8 Å². The standard InChI is InChI=1S/C43H80N3O11P/c1-3-5-7-9-11-13-15-17-19-21-23-25-27-29-39(48)55-34-36(57-41(50)30-28-26-24-22-20-18-16-14-12-10-8-6-4-2)35-56-40(49)32-31-38(42(45)51)46(58(53)54)43(52)37(44)33-47/h36-38,47H,3-35,44H2,1-2H3,(H2-,45,51,53,54)/p+1/t36?,37-,38+/m0/s1. The van der Waals surface area contributed by atoms with Crippen LogP contribution < -0.4 is 11.5 Å². The fourth-order valence-corrected chi connectivity index (χ4v) is 7.48. The number of unbranched alkanes of at least 4 members (excludes halogenated alkanes) is 24. The molecular weight excluding hydrogens is 765 g/mol. The highest BCUT2D eigenvalue weighted by Crippen LogP contribution is 2.28. The third-order valence-corrected chi connectivity index (χ3v) is 11.1. The van der Waals surface area contributed by atoms with Gasteiger partial charge in [-0.15, -0.1) is 4.89 Å². The maximum absolute atomic E-state index is 12.8. The van der Waals surface area contributed by atoms with E-state index in [0.29, 0.717) is 12.8 Å². The lowest BCUT2D eigenvalue weighted by Gasteiger charge is -2.21. The van der Waals surface area contributed by atoms with E-state index in [4.69, 9.17) is 25.7 Å². The second-order valence-corrected chi connectivity index (χ2v) is 16.6. The van der Waals surface area contributed by atoms with Gasteiger partial charge in [0.1, 0.15) is 19.3 Å². The number of carbonyl (C=O) groups is 5. The van der Waals surface area contributed by atoms with E-state index < -0.39 is 82.1 Å². The summed E-state index contributed by atoms with van der Waals surface area (Å²) in [6.45, 7) is 2.85. The zero-order valence-corrected chi connectivity index (χ0v) is 37.1. The summed E-state index contributed by atoms with van der Waals surface area (Å²) < 4.78 is 28.4. The van der Waals surface area contributed by atoms with Gasteiger partial charge >= 0.3 is 26.1 Å². The second kappa shape index (κ2) is 38.5. The summed E-state index contributed by atoms with van der Waals surface area (Å²) in [6, 6.07) is -3.27. The average Bonchev–Trinajstić information content (AvgIpc) is 3.20. The Balaban J connectivity index is 4.85. The molecule has 0 radical (unpaired) electrons. The molecule has 58 heavy (non-hydrogen) atoms. The lowest BCUT2D eigenvalue weighted by Crippen LogP contribution is -2.51. The third kappa shape index (κ3) is 31.3. The molecule has 0 aromatic carbocycles. The number of carbonyl (C=O) groups excluding carboxylic acids is 5. The fraction of sp³-hybridized carbons (Fsp3) is 0.884. The molecule has 6 N–H and O–H groups in total. The number of ether oxygens (including phenoxy) is 3. The van der Waals surface area contributed by atoms with Crippen LogP contribution in [0, 0.1) is 0 Å². The van der Waals surface area contributed by atoms with Crippen LogP contribution in [0.25, 0.3) is 0 Å². The SMILES string of the molecule is CCCCCCCCCCCCCCCC(=O)OCC(COC(=O)CC[C@H](C(N)=O)N(C(=O)[C@@H](N)CO)[P+](=O)O)OC(=O)CCCCCCCCCCCCCCC. The minimum absolute atomic E-state index is 0.161. The Bertz CT molecular complexity index is 1110. The van der Waals surface area contributed by atoms with Crippen LogP contribution in [0.5, 0.6) is 0 Å². The van der Waals surface area contributed by atoms with Crippen LogP contribution in [-0.2, 0) is 42.7 Å². The number of nitrogens with two attached hydrogens (primary N) is 2. The summed E-state index contributed by atoms with van der Waals surface area (Å²) in [5, 5.41) is 9.20. The average molecular weight is 847 g/mol. The van der Waals surface area contributed by atoms with Crippen molar-refractivity contribution in [1.82, 2.24) is 4.67 Å². The van der Waals surface area contributed by atoms with Gasteiger partial charge in [-0.05, 0) is 23.8 Å². The van der Waals surface area contributed by atoms with Crippen molar-refractivity contribution in [3.63, 3.8) is 0 Å². The van der Waals surface area contributed by atoms with Gasteiger partial charge in [0.2, 0.25) is 5.91 Å². The molecule has 0 saturated heterocycles. The normalized spacial score (nSPS) is 13.0. The van der Waals surface area contributed by atoms with Crippen LogP contribution in [0.2, 0.25) is 0 Å². The van der Waals surface area contributed by atoms with Crippen molar-refractivity contribution >= 4 is 37.9 Å². The molecule has 14 nitrogen and oxygen atoms in total. The third-order valence-electron chi connectivity index (χ3n) is 10.3. The summed E-state index contributed by atoms with van der Waals surface area (Å²) in [4.78, 5) is 72.2. The van der Waals surface area contributed by atoms with Crippen LogP contribution in [0.1, 0.15) is 206 Å². The zero-order chi connectivity index (χ0) is 43.2. The Morgan fingerprint density at radius 3 is 1.26 bits per heavy atom. The maximum Gasteiger partial charge on any atom is 0.646 e. The van der Waals surface area contributed by atoms with Crippen molar-refractivity contribution in [2.24, 2.45) is 11.5 Å². The molecule has 338 valence electrons. The summed E-state index contributed by atoms with van der Waals surface area (Å²) in [6.07, 6.45) is 28.9. The topological polar surface area (TPSA) is 226 Å². The highest BCUT2D eigenvalue weighted by Gasteiger charge is 2.44. The molecule has 0 bridgehead atoms. The number of aliphatic hydroxyl groups is 1. The Labute approximate surface area is 350 Å². The largest absolute Gasteiger partial charge is 0.646 e. The molecule has 0 fully saturated rings. The number of esters is 3. The van der Waals surface area contributed by atoms with Crippen LogP contribution in [0.15, 0.2) is 0 Å². The lowest BCUT2D eigenvalue weighted by molar-refractivity contribution is -0.167. The first-order chi connectivity index (χ1) is 28.0. The van der Waals surface area contributed by atoms with Crippen molar-refractivity contribution in [3.05, 3.63) is 0 Å². The predicted octanol–water partition coefficient (Wildman–Crippen LogP) is 8.38. The van der Waals surface area contributed by atoms with Gasteiger partial charge in [-0.3, -0.25) is 24.0 Å². The van der Waals surface area contributed by atoms with Gasteiger partial charge in [-0.1, -0.05) is 173 Å². The maximum atomic E-state index is 12.8. The first-order valence-electron chi connectivity index (χ1n) is 22.6. The molecule has 0 aliphatic heterocycles. The van der Waals surface area contributed by atoms with Gasteiger partial charge in [0.25, 0.3) is 5.91 Å². The number of amides is 2. The van der Waals surface area contributed by atoms with Crippen molar-refractivity contribution < 1.29 is 52.7 Å². The molecule has 4 atom stereocenters. The lowest BCUT2D eigenvalue weighted by atomic mass is 10.0. The summed E-state index contributed by atoms with van der Waals surface area (Å²) in [5.74, 6) is -4.20. The fourth-order valence-electron chi connectivity index (χ4n) is 6.70.